The van der Waals surface area contributed by atoms with Crippen LogP contribution >= 0.6 is 0 Å². The first-order valence-electron chi connectivity index (χ1n) is 16.1. The van der Waals surface area contributed by atoms with Gasteiger partial charge in [0.15, 0.2) is 0 Å². The summed E-state index contributed by atoms with van der Waals surface area (Å²) in [5.41, 5.74) is 4.13. The summed E-state index contributed by atoms with van der Waals surface area (Å²) in [6.07, 6.45) is 10.0. The molecule has 1 unspecified atom stereocenters. The SMILES string of the molecule is Cc1cccc(F)c1C(=O)N1C2CCC[C@@H]2C[C@H](C(=O)Nc2ccc3cccnc3c2)[C@@H]1c1ccc(NC2CCCC2)cc1. The number of halogens is 1. The van der Waals surface area contributed by atoms with E-state index in [9.17, 15) is 9.59 Å². The highest BCUT2D eigenvalue weighted by Gasteiger charge is 2.50. The van der Waals surface area contributed by atoms with E-state index in [2.05, 4.69) is 27.8 Å². The molecule has 0 radical (unpaired) electrons. The molecule has 2 saturated carbocycles. The average Bonchev–Trinajstić information content (AvgIpc) is 3.72. The zero-order valence-corrected chi connectivity index (χ0v) is 25.1. The van der Waals surface area contributed by atoms with Gasteiger partial charge in [-0.05, 0) is 92.5 Å². The largest absolute Gasteiger partial charge is 0.382 e. The van der Waals surface area contributed by atoms with Gasteiger partial charge in [-0.15, -0.1) is 0 Å². The van der Waals surface area contributed by atoms with Crippen LogP contribution in [0.15, 0.2) is 79.0 Å². The highest BCUT2D eigenvalue weighted by atomic mass is 19.1. The van der Waals surface area contributed by atoms with Crippen molar-refractivity contribution >= 4 is 34.1 Å². The molecule has 3 aliphatic rings. The number of likely N-dealkylation sites (tertiary alicyclic amines) is 1. The van der Waals surface area contributed by atoms with Gasteiger partial charge in [0.1, 0.15) is 5.82 Å². The standard InChI is InChI=1S/C37H39FN4O2/c1-23-7-4-12-31(38)34(23)37(44)42-33-13-5-8-26(33)21-30(36(43)41-29-19-14-24-9-6-20-39-32(24)22-29)35(42)25-15-17-28(18-16-25)40-27-10-2-3-11-27/h4,6-7,9,12,14-20,22,26-27,30,33,35,40H,2-3,5,8,10-11,13,21H2,1H3,(H,41,43)/t26-,30+,33?,35+/m1/s1. The van der Waals surface area contributed by atoms with Crippen LogP contribution in [0.4, 0.5) is 15.8 Å². The van der Waals surface area contributed by atoms with Gasteiger partial charge in [0, 0.05) is 35.0 Å². The number of pyridine rings is 1. The van der Waals surface area contributed by atoms with Crippen molar-refractivity contribution in [2.45, 2.75) is 76.4 Å². The summed E-state index contributed by atoms with van der Waals surface area (Å²) in [5.74, 6) is -1.30. The Balaban J connectivity index is 1.27. The molecule has 44 heavy (non-hydrogen) atoms. The van der Waals surface area contributed by atoms with Crippen LogP contribution < -0.4 is 10.6 Å². The highest BCUT2D eigenvalue weighted by molar-refractivity contribution is 5.99. The van der Waals surface area contributed by atoms with Crippen molar-refractivity contribution in [2.24, 2.45) is 11.8 Å². The van der Waals surface area contributed by atoms with E-state index < -0.39 is 17.8 Å². The smallest absolute Gasteiger partial charge is 0.257 e. The van der Waals surface area contributed by atoms with Crippen LogP contribution in [-0.4, -0.2) is 33.8 Å². The number of hydrogen-bond donors (Lipinski definition) is 2. The number of carbonyl (C=O) groups excluding carboxylic acids is 2. The average molecular weight is 591 g/mol. The molecule has 2 aliphatic carbocycles. The van der Waals surface area contributed by atoms with Crippen molar-refractivity contribution < 1.29 is 14.0 Å². The van der Waals surface area contributed by atoms with E-state index in [0.29, 0.717) is 23.7 Å². The first-order valence-corrected chi connectivity index (χ1v) is 16.1. The number of carbonyl (C=O) groups is 2. The van der Waals surface area contributed by atoms with Gasteiger partial charge in [-0.3, -0.25) is 14.6 Å². The molecule has 1 saturated heterocycles. The molecule has 2 heterocycles. The quantitative estimate of drug-likeness (QED) is 0.238. The molecule has 3 aromatic carbocycles. The van der Waals surface area contributed by atoms with Crippen LogP contribution in [0.2, 0.25) is 0 Å². The van der Waals surface area contributed by atoms with Gasteiger partial charge >= 0.3 is 0 Å². The van der Waals surface area contributed by atoms with E-state index in [-0.39, 0.29) is 29.3 Å². The Morgan fingerprint density at radius 3 is 2.48 bits per heavy atom. The predicted molar refractivity (Wildman–Crippen MR) is 172 cm³/mol. The number of hydrogen-bond acceptors (Lipinski definition) is 4. The van der Waals surface area contributed by atoms with Crippen LogP contribution in [-0.2, 0) is 4.79 Å². The van der Waals surface area contributed by atoms with Crippen molar-refractivity contribution in [3.05, 3.63) is 102 Å². The van der Waals surface area contributed by atoms with Gasteiger partial charge in [0.05, 0.1) is 23.0 Å². The van der Waals surface area contributed by atoms with Crippen molar-refractivity contribution in [3.63, 3.8) is 0 Å². The van der Waals surface area contributed by atoms with Gasteiger partial charge in [0.25, 0.3) is 5.91 Å². The Morgan fingerprint density at radius 1 is 0.886 bits per heavy atom. The van der Waals surface area contributed by atoms with E-state index in [1.807, 2.05) is 47.4 Å². The number of aryl methyl sites for hydroxylation is 1. The number of piperidine rings is 1. The van der Waals surface area contributed by atoms with Crippen LogP contribution in [0.3, 0.4) is 0 Å². The van der Waals surface area contributed by atoms with Crippen LogP contribution in [0.25, 0.3) is 10.9 Å². The molecule has 226 valence electrons. The molecule has 4 aromatic rings. The Kier molecular flexibility index (Phi) is 7.79. The van der Waals surface area contributed by atoms with Crippen molar-refractivity contribution in [3.8, 4) is 0 Å². The fourth-order valence-electron chi connectivity index (χ4n) is 7.93. The maximum Gasteiger partial charge on any atom is 0.257 e. The molecule has 2 amide bonds. The number of benzene rings is 3. The molecule has 0 bridgehead atoms. The number of nitrogens with one attached hydrogen (secondary N) is 2. The summed E-state index contributed by atoms with van der Waals surface area (Å²) < 4.78 is 15.3. The molecule has 7 rings (SSSR count). The lowest BCUT2D eigenvalue weighted by Gasteiger charge is -2.48. The lowest BCUT2D eigenvalue weighted by Crippen LogP contribution is -2.54. The number of fused-ring (bicyclic) bond motifs is 2. The normalized spacial score (nSPS) is 23.5. The summed E-state index contributed by atoms with van der Waals surface area (Å²) in [7, 11) is 0. The summed E-state index contributed by atoms with van der Waals surface area (Å²) in [5, 5.41) is 7.81. The van der Waals surface area contributed by atoms with Crippen molar-refractivity contribution in [1.29, 1.82) is 0 Å². The van der Waals surface area contributed by atoms with E-state index in [4.69, 9.17) is 0 Å². The highest BCUT2D eigenvalue weighted by Crippen LogP contribution is 2.49. The monoisotopic (exact) mass is 590 g/mol. The lowest BCUT2D eigenvalue weighted by atomic mass is 9.76. The number of rotatable bonds is 6. The first kappa shape index (κ1) is 28.5. The van der Waals surface area contributed by atoms with Crippen LogP contribution in [0.1, 0.15) is 78.9 Å². The summed E-state index contributed by atoms with van der Waals surface area (Å²) in [6.45, 7) is 1.78. The van der Waals surface area contributed by atoms with Crippen molar-refractivity contribution in [2.75, 3.05) is 10.6 Å². The summed E-state index contributed by atoms with van der Waals surface area (Å²) in [4.78, 5) is 35.1. The summed E-state index contributed by atoms with van der Waals surface area (Å²) >= 11 is 0. The third kappa shape index (κ3) is 5.44. The second kappa shape index (κ2) is 12.0. The number of amides is 2. The molecule has 3 fully saturated rings. The minimum atomic E-state index is -0.528. The minimum Gasteiger partial charge on any atom is -0.382 e. The van der Waals surface area contributed by atoms with Gasteiger partial charge < -0.3 is 15.5 Å². The van der Waals surface area contributed by atoms with Gasteiger partial charge in [-0.1, -0.05) is 55.7 Å². The molecule has 1 aromatic heterocycles. The Morgan fingerprint density at radius 2 is 1.68 bits per heavy atom. The Labute approximate surface area is 258 Å². The second-order valence-corrected chi connectivity index (χ2v) is 12.8. The number of nitrogens with zero attached hydrogens (tertiary/aromatic N) is 2. The maximum atomic E-state index is 15.3. The molecule has 6 nitrogen and oxygen atoms in total. The molecule has 0 spiro atoms. The fourth-order valence-corrected chi connectivity index (χ4v) is 7.93. The van der Waals surface area contributed by atoms with Gasteiger partial charge in [-0.2, -0.15) is 0 Å². The van der Waals surface area contributed by atoms with Crippen LogP contribution in [0, 0.1) is 24.6 Å². The first-order chi connectivity index (χ1) is 21.5. The van der Waals surface area contributed by atoms with E-state index in [0.717, 1.165) is 41.4 Å². The Hall–Kier alpha value is -4.26. The van der Waals surface area contributed by atoms with E-state index in [1.165, 1.54) is 31.7 Å². The maximum absolute atomic E-state index is 15.3. The molecule has 2 N–H and O–H groups in total. The van der Waals surface area contributed by atoms with E-state index >= 15 is 4.39 Å². The second-order valence-electron chi connectivity index (χ2n) is 12.8. The number of aromatic nitrogens is 1. The number of anilines is 2. The molecular weight excluding hydrogens is 551 g/mol. The van der Waals surface area contributed by atoms with Crippen LogP contribution in [0.5, 0.6) is 0 Å². The predicted octanol–water partition coefficient (Wildman–Crippen LogP) is 8.05. The van der Waals surface area contributed by atoms with Gasteiger partial charge in [0.2, 0.25) is 5.91 Å². The molecule has 7 heteroatoms. The zero-order valence-electron chi connectivity index (χ0n) is 25.1. The summed E-state index contributed by atoms with van der Waals surface area (Å²) in [6, 6.07) is 22.5. The zero-order chi connectivity index (χ0) is 30.2. The molecule has 1 aliphatic heterocycles. The topological polar surface area (TPSA) is 74.3 Å². The van der Waals surface area contributed by atoms with Gasteiger partial charge in [-0.25, -0.2) is 4.39 Å². The fraction of sp³-hybridized carbons (Fsp3) is 0.378. The van der Waals surface area contributed by atoms with Crippen molar-refractivity contribution in [1.82, 2.24) is 9.88 Å². The Bertz CT molecular complexity index is 1660. The third-order valence-electron chi connectivity index (χ3n) is 10.1. The molecular formula is C37H39FN4O2. The van der Waals surface area contributed by atoms with E-state index in [1.54, 1.807) is 25.3 Å². The lowest BCUT2D eigenvalue weighted by molar-refractivity contribution is -0.125. The third-order valence-corrected chi connectivity index (χ3v) is 10.1. The molecule has 4 atom stereocenters. The minimum absolute atomic E-state index is 0.0447.